The highest BCUT2D eigenvalue weighted by molar-refractivity contribution is 6.31. The first-order valence-corrected chi connectivity index (χ1v) is 9.07. The second-order valence-electron chi connectivity index (χ2n) is 6.40. The molecule has 0 aliphatic carbocycles. The van der Waals surface area contributed by atoms with Gasteiger partial charge in [-0.25, -0.2) is 4.79 Å². The number of amides is 2. The summed E-state index contributed by atoms with van der Waals surface area (Å²) in [6.07, 6.45) is 0.571. The smallest absolute Gasteiger partial charge is 0.321 e. The average Bonchev–Trinajstić information content (AvgIpc) is 2.59. The summed E-state index contributed by atoms with van der Waals surface area (Å²) in [6.45, 7) is 5.93. The minimum Gasteiger partial charge on any atom is -0.489 e. The van der Waals surface area contributed by atoms with E-state index in [1.54, 1.807) is 18.2 Å². The van der Waals surface area contributed by atoms with E-state index < -0.39 is 11.9 Å². The van der Waals surface area contributed by atoms with E-state index in [4.69, 9.17) is 21.1 Å². The van der Waals surface area contributed by atoms with Gasteiger partial charge in [-0.3, -0.25) is 4.79 Å². The van der Waals surface area contributed by atoms with Gasteiger partial charge in [-0.05, 0) is 37.5 Å². The molecule has 1 heterocycles. The summed E-state index contributed by atoms with van der Waals surface area (Å²) in [6, 6.07) is 4.61. The van der Waals surface area contributed by atoms with Crippen molar-refractivity contribution in [3.8, 4) is 5.75 Å². The molecule has 0 bridgehead atoms. The van der Waals surface area contributed by atoms with E-state index in [0.29, 0.717) is 49.2 Å². The fraction of sp³-hybridized carbons (Fsp3) is 0.556. The summed E-state index contributed by atoms with van der Waals surface area (Å²) in [4.78, 5) is 25.4. The highest BCUT2D eigenvalue weighted by atomic mass is 35.5. The van der Waals surface area contributed by atoms with Crippen molar-refractivity contribution in [3.63, 3.8) is 0 Å². The lowest BCUT2D eigenvalue weighted by Crippen LogP contribution is -2.47. The molecule has 1 aromatic rings. The molecule has 0 spiro atoms. The molecular weight excluding hydrogens is 360 g/mol. The number of carboxylic acids is 1. The van der Waals surface area contributed by atoms with Crippen molar-refractivity contribution in [2.45, 2.75) is 20.3 Å². The van der Waals surface area contributed by atoms with Crippen molar-refractivity contribution >= 4 is 29.3 Å². The SMILES string of the molecule is CCOCCOc1ccc(Cl)cc1NC(=O)N1CC(C)CC(C(=O)O)C1. The molecule has 7 nitrogen and oxygen atoms in total. The Hall–Kier alpha value is -1.99. The van der Waals surface area contributed by atoms with Gasteiger partial charge in [0.05, 0.1) is 18.2 Å². The number of nitrogens with one attached hydrogen (secondary N) is 1. The number of likely N-dealkylation sites (tertiary alicyclic amines) is 1. The van der Waals surface area contributed by atoms with Crippen LogP contribution in [0, 0.1) is 11.8 Å². The van der Waals surface area contributed by atoms with Crippen LogP contribution in [-0.2, 0) is 9.53 Å². The number of benzene rings is 1. The standard InChI is InChI=1S/C18H25ClN2O5/c1-3-25-6-7-26-16-5-4-14(19)9-15(16)20-18(24)21-10-12(2)8-13(11-21)17(22)23/h4-5,9,12-13H,3,6-8,10-11H2,1-2H3,(H,20,24)(H,22,23). The summed E-state index contributed by atoms with van der Waals surface area (Å²) in [5.41, 5.74) is 0.448. The van der Waals surface area contributed by atoms with Crippen LogP contribution in [0.5, 0.6) is 5.75 Å². The number of piperidine rings is 1. The summed E-state index contributed by atoms with van der Waals surface area (Å²) in [7, 11) is 0. The first-order valence-electron chi connectivity index (χ1n) is 8.69. The van der Waals surface area contributed by atoms with Crippen molar-refractivity contribution in [2.24, 2.45) is 11.8 Å². The Bertz CT molecular complexity index is 640. The summed E-state index contributed by atoms with van der Waals surface area (Å²) in [5, 5.41) is 12.5. The van der Waals surface area contributed by atoms with E-state index in [1.807, 2.05) is 13.8 Å². The molecule has 1 aliphatic rings. The van der Waals surface area contributed by atoms with Crippen LogP contribution in [0.4, 0.5) is 10.5 Å². The van der Waals surface area contributed by atoms with Gasteiger partial charge in [0, 0.05) is 24.7 Å². The normalized spacial score (nSPS) is 19.9. The quantitative estimate of drug-likeness (QED) is 0.704. The molecule has 8 heteroatoms. The van der Waals surface area contributed by atoms with Crippen LogP contribution in [0.25, 0.3) is 0 Å². The molecule has 0 aromatic heterocycles. The van der Waals surface area contributed by atoms with Crippen LogP contribution in [-0.4, -0.2) is 54.9 Å². The highest BCUT2D eigenvalue weighted by Crippen LogP contribution is 2.29. The van der Waals surface area contributed by atoms with Crippen LogP contribution in [0.2, 0.25) is 5.02 Å². The number of hydrogen-bond acceptors (Lipinski definition) is 4. The Labute approximate surface area is 158 Å². The first-order chi connectivity index (χ1) is 12.4. The van der Waals surface area contributed by atoms with E-state index in [0.717, 1.165) is 0 Å². The maximum atomic E-state index is 12.6. The minimum atomic E-state index is -0.878. The largest absolute Gasteiger partial charge is 0.489 e. The number of nitrogens with zero attached hydrogens (tertiary/aromatic N) is 1. The van der Waals surface area contributed by atoms with Gasteiger partial charge in [0.2, 0.25) is 0 Å². The molecule has 144 valence electrons. The van der Waals surface area contributed by atoms with Crippen molar-refractivity contribution in [1.82, 2.24) is 4.90 Å². The lowest BCUT2D eigenvalue weighted by atomic mass is 9.91. The van der Waals surface area contributed by atoms with E-state index in [1.165, 1.54) is 4.90 Å². The number of anilines is 1. The van der Waals surface area contributed by atoms with Crippen LogP contribution in [0.3, 0.4) is 0 Å². The molecule has 1 saturated heterocycles. The molecule has 2 atom stereocenters. The zero-order valence-electron chi connectivity index (χ0n) is 15.0. The van der Waals surface area contributed by atoms with E-state index >= 15 is 0 Å². The lowest BCUT2D eigenvalue weighted by Gasteiger charge is -2.34. The highest BCUT2D eigenvalue weighted by Gasteiger charge is 2.32. The fourth-order valence-electron chi connectivity index (χ4n) is 2.97. The number of ether oxygens (including phenoxy) is 2. The van der Waals surface area contributed by atoms with Gasteiger partial charge in [0.25, 0.3) is 0 Å². The molecule has 2 N–H and O–H groups in total. The van der Waals surface area contributed by atoms with Gasteiger partial charge >= 0.3 is 12.0 Å². The van der Waals surface area contributed by atoms with Crippen LogP contribution >= 0.6 is 11.6 Å². The van der Waals surface area contributed by atoms with Crippen molar-refractivity contribution in [3.05, 3.63) is 23.2 Å². The molecule has 0 saturated carbocycles. The molecule has 2 unspecified atom stereocenters. The topological polar surface area (TPSA) is 88.1 Å². The lowest BCUT2D eigenvalue weighted by molar-refractivity contribution is -0.143. The first kappa shape index (κ1) is 20.3. The molecule has 26 heavy (non-hydrogen) atoms. The van der Waals surface area contributed by atoms with Crippen LogP contribution < -0.4 is 10.1 Å². The van der Waals surface area contributed by atoms with Crippen LogP contribution in [0.1, 0.15) is 20.3 Å². The van der Waals surface area contributed by atoms with Crippen molar-refractivity contribution < 1.29 is 24.2 Å². The molecule has 2 rings (SSSR count). The van der Waals surface area contributed by atoms with Gasteiger partial charge in [-0.1, -0.05) is 18.5 Å². The summed E-state index contributed by atoms with van der Waals surface area (Å²) < 4.78 is 10.9. The fourth-order valence-corrected chi connectivity index (χ4v) is 3.14. The number of halogens is 1. The Kier molecular flexibility index (Phi) is 7.53. The van der Waals surface area contributed by atoms with Gasteiger partial charge in [0.1, 0.15) is 12.4 Å². The summed E-state index contributed by atoms with van der Waals surface area (Å²) >= 11 is 6.03. The second kappa shape index (κ2) is 9.64. The number of carboxylic acid groups (broad SMARTS) is 1. The number of rotatable bonds is 7. The van der Waals surface area contributed by atoms with Gasteiger partial charge in [-0.2, -0.15) is 0 Å². The number of carbonyl (C=O) groups is 2. The maximum Gasteiger partial charge on any atom is 0.321 e. The van der Waals surface area contributed by atoms with E-state index in [9.17, 15) is 14.7 Å². The van der Waals surface area contributed by atoms with E-state index in [-0.39, 0.29) is 18.5 Å². The molecule has 0 radical (unpaired) electrons. The third-order valence-electron chi connectivity index (χ3n) is 4.17. The van der Waals surface area contributed by atoms with Gasteiger partial charge in [-0.15, -0.1) is 0 Å². The molecule has 2 amide bonds. The number of hydrogen-bond donors (Lipinski definition) is 2. The molecular formula is C18H25ClN2O5. The third kappa shape index (κ3) is 5.78. The molecule has 1 aliphatic heterocycles. The average molecular weight is 385 g/mol. The Morgan fingerprint density at radius 3 is 2.81 bits per heavy atom. The monoisotopic (exact) mass is 384 g/mol. The molecule has 1 aromatic carbocycles. The Morgan fingerprint density at radius 2 is 2.12 bits per heavy atom. The van der Waals surface area contributed by atoms with E-state index in [2.05, 4.69) is 5.32 Å². The zero-order chi connectivity index (χ0) is 19.1. The Balaban J connectivity index is 2.05. The van der Waals surface area contributed by atoms with Crippen molar-refractivity contribution in [2.75, 3.05) is 38.2 Å². The number of aliphatic carboxylic acids is 1. The van der Waals surface area contributed by atoms with Crippen LogP contribution in [0.15, 0.2) is 18.2 Å². The van der Waals surface area contributed by atoms with Gasteiger partial charge < -0.3 is 24.8 Å². The predicted octanol–water partition coefficient (Wildman–Crippen LogP) is 3.33. The zero-order valence-corrected chi connectivity index (χ0v) is 15.8. The van der Waals surface area contributed by atoms with Crippen molar-refractivity contribution in [1.29, 1.82) is 0 Å². The number of urea groups is 1. The minimum absolute atomic E-state index is 0.122. The van der Waals surface area contributed by atoms with Gasteiger partial charge in [0.15, 0.2) is 0 Å². The number of carbonyl (C=O) groups excluding carboxylic acids is 1. The molecule has 1 fully saturated rings. The maximum absolute atomic E-state index is 12.6. The summed E-state index contributed by atoms with van der Waals surface area (Å²) in [5.74, 6) is -0.818. The predicted molar refractivity (Wildman–Crippen MR) is 98.9 cm³/mol. The second-order valence-corrected chi connectivity index (χ2v) is 6.83. The third-order valence-corrected chi connectivity index (χ3v) is 4.40. The Morgan fingerprint density at radius 1 is 1.35 bits per heavy atom.